The normalized spacial score (nSPS) is 15.8. The summed E-state index contributed by atoms with van der Waals surface area (Å²) in [7, 11) is 0. The summed E-state index contributed by atoms with van der Waals surface area (Å²) >= 11 is 0. The number of likely N-dealkylation sites (tertiary alicyclic amines) is 1. The van der Waals surface area contributed by atoms with Crippen molar-refractivity contribution in [3.8, 4) is 5.75 Å². The molecule has 5 nitrogen and oxygen atoms in total. The summed E-state index contributed by atoms with van der Waals surface area (Å²) in [6, 6.07) is 5.74. The third-order valence-electron chi connectivity index (χ3n) is 4.09. The van der Waals surface area contributed by atoms with E-state index < -0.39 is 11.9 Å². The van der Waals surface area contributed by atoms with E-state index in [1.807, 2.05) is 32.0 Å². The number of amides is 1. The van der Waals surface area contributed by atoms with Gasteiger partial charge in [0.25, 0.3) is 5.91 Å². The molecule has 1 heterocycles. The number of aliphatic carboxylic acids is 1. The predicted octanol–water partition coefficient (Wildman–Crippen LogP) is 0.671. The first-order valence-corrected chi connectivity index (χ1v) is 7.16. The summed E-state index contributed by atoms with van der Waals surface area (Å²) in [5, 5.41) is 10.8. The zero-order valence-electron chi connectivity index (χ0n) is 12.4. The molecule has 2 rings (SSSR count). The molecule has 5 heteroatoms. The zero-order chi connectivity index (χ0) is 15.4. The van der Waals surface area contributed by atoms with Crippen LogP contribution in [0.3, 0.4) is 0 Å². The second-order valence-corrected chi connectivity index (χ2v) is 5.46. The van der Waals surface area contributed by atoms with Gasteiger partial charge in [0.05, 0.1) is 0 Å². The van der Waals surface area contributed by atoms with Crippen LogP contribution in [-0.4, -0.2) is 36.5 Å². The highest BCUT2D eigenvalue weighted by Crippen LogP contribution is 2.21. The van der Waals surface area contributed by atoms with Gasteiger partial charge in [-0.05, 0) is 43.9 Å². The fraction of sp³-hybridized carbons (Fsp3) is 0.500. The lowest BCUT2D eigenvalue weighted by molar-refractivity contribution is -0.312. The molecule has 1 aromatic carbocycles. The molecule has 0 aromatic heterocycles. The van der Waals surface area contributed by atoms with Gasteiger partial charge in [-0.25, -0.2) is 0 Å². The van der Waals surface area contributed by atoms with Gasteiger partial charge >= 0.3 is 0 Å². The van der Waals surface area contributed by atoms with Gasteiger partial charge in [-0.2, -0.15) is 0 Å². The van der Waals surface area contributed by atoms with E-state index >= 15 is 0 Å². The molecule has 21 heavy (non-hydrogen) atoms. The van der Waals surface area contributed by atoms with Crippen molar-refractivity contribution in [2.45, 2.75) is 26.7 Å². The Hall–Kier alpha value is -2.04. The largest absolute Gasteiger partial charge is 0.550 e. The van der Waals surface area contributed by atoms with Gasteiger partial charge in [-0.1, -0.05) is 12.1 Å². The SMILES string of the molecule is Cc1cccc(OCC(=O)N2CCC(C(=O)[O-])CC2)c1C. The number of ether oxygens (including phenoxy) is 1. The van der Waals surface area contributed by atoms with Gasteiger partial charge < -0.3 is 19.5 Å². The second-order valence-electron chi connectivity index (χ2n) is 5.46. The molecule has 0 unspecified atom stereocenters. The summed E-state index contributed by atoms with van der Waals surface area (Å²) in [5.74, 6) is -0.844. The van der Waals surface area contributed by atoms with Gasteiger partial charge in [-0.15, -0.1) is 0 Å². The van der Waals surface area contributed by atoms with Crippen molar-refractivity contribution in [2.24, 2.45) is 5.92 Å². The van der Waals surface area contributed by atoms with E-state index in [0.717, 1.165) is 11.1 Å². The zero-order valence-corrected chi connectivity index (χ0v) is 12.4. The molecule has 1 aliphatic heterocycles. The van der Waals surface area contributed by atoms with E-state index in [1.165, 1.54) is 0 Å². The van der Waals surface area contributed by atoms with Crippen LogP contribution in [-0.2, 0) is 9.59 Å². The minimum absolute atomic E-state index is 0.0136. The van der Waals surface area contributed by atoms with Gasteiger partial charge in [0.1, 0.15) is 5.75 Å². The lowest BCUT2D eigenvalue weighted by Gasteiger charge is -2.32. The summed E-state index contributed by atoms with van der Waals surface area (Å²) in [5.41, 5.74) is 2.15. The number of hydrogen-bond donors (Lipinski definition) is 0. The maximum absolute atomic E-state index is 12.1. The maximum Gasteiger partial charge on any atom is 0.260 e. The van der Waals surface area contributed by atoms with E-state index in [1.54, 1.807) is 4.90 Å². The molecule has 1 aliphatic rings. The number of carboxylic acid groups (broad SMARTS) is 1. The molecule has 0 radical (unpaired) electrons. The first-order chi connectivity index (χ1) is 9.99. The van der Waals surface area contributed by atoms with E-state index in [2.05, 4.69) is 0 Å². The number of carbonyl (C=O) groups excluding carboxylic acids is 2. The quantitative estimate of drug-likeness (QED) is 0.817. The Balaban J connectivity index is 1.85. The Labute approximate surface area is 124 Å². The van der Waals surface area contributed by atoms with Crippen LogP contribution in [0.15, 0.2) is 18.2 Å². The molecule has 1 saturated heterocycles. The van der Waals surface area contributed by atoms with Gasteiger partial charge in [0.15, 0.2) is 6.61 Å². The lowest BCUT2D eigenvalue weighted by Crippen LogP contribution is -2.45. The summed E-state index contributed by atoms with van der Waals surface area (Å²) in [4.78, 5) is 24.5. The Morgan fingerprint density at radius 1 is 1.29 bits per heavy atom. The highest BCUT2D eigenvalue weighted by atomic mass is 16.5. The smallest absolute Gasteiger partial charge is 0.260 e. The number of rotatable bonds is 4. The molecule has 0 bridgehead atoms. The van der Waals surface area contributed by atoms with Crippen LogP contribution in [0.4, 0.5) is 0 Å². The molecule has 0 N–H and O–H groups in total. The van der Waals surface area contributed by atoms with Crippen molar-refractivity contribution in [1.82, 2.24) is 4.90 Å². The van der Waals surface area contributed by atoms with Gasteiger partial charge in [-0.3, -0.25) is 4.79 Å². The van der Waals surface area contributed by atoms with E-state index in [4.69, 9.17) is 4.74 Å². The monoisotopic (exact) mass is 290 g/mol. The number of benzene rings is 1. The van der Waals surface area contributed by atoms with Crippen LogP contribution in [0.2, 0.25) is 0 Å². The van der Waals surface area contributed by atoms with Crippen LogP contribution in [0, 0.1) is 19.8 Å². The molecule has 1 aromatic rings. The van der Waals surface area contributed by atoms with Crippen molar-refractivity contribution in [1.29, 1.82) is 0 Å². The lowest BCUT2D eigenvalue weighted by atomic mass is 9.97. The van der Waals surface area contributed by atoms with Crippen LogP contribution < -0.4 is 9.84 Å². The molecule has 1 fully saturated rings. The Kier molecular flexibility index (Phi) is 4.83. The standard InChI is InChI=1S/C16H21NO4/c1-11-4-3-5-14(12(11)2)21-10-15(18)17-8-6-13(7-9-17)16(19)20/h3-5,13H,6-10H2,1-2H3,(H,19,20)/p-1. The fourth-order valence-corrected chi connectivity index (χ4v) is 2.48. The van der Waals surface area contributed by atoms with Crippen LogP contribution in [0.1, 0.15) is 24.0 Å². The summed E-state index contributed by atoms with van der Waals surface area (Å²) < 4.78 is 5.59. The van der Waals surface area contributed by atoms with Crippen molar-refractivity contribution in [3.05, 3.63) is 29.3 Å². The molecule has 114 valence electrons. The Morgan fingerprint density at radius 3 is 2.57 bits per heavy atom. The average Bonchev–Trinajstić information content (AvgIpc) is 2.48. The number of piperidine rings is 1. The maximum atomic E-state index is 12.1. The van der Waals surface area contributed by atoms with E-state index in [-0.39, 0.29) is 12.5 Å². The summed E-state index contributed by atoms with van der Waals surface area (Å²) in [6.45, 7) is 4.84. The highest BCUT2D eigenvalue weighted by molar-refractivity contribution is 5.78. The van der Waals surface area contributed by atoms with Gasteiger partial charge in [0.2, 0.25) is 0 Å². The van der Waals surface area contributed by atoms with Crippen molar-refractivity contribution >= 4 is 11.9 Å². The number of carbonyl (C=O) groups is 2. The number of hydrogen-bond acceptors (Lipinski definition) is 4. The second kappa shape index (κ2) is 6.61. The molecular formula is C16H20NO4-. The van der Waals surface area contributed by atoms with Crippen molar-refractivity contribution in [3.63, 3.8) is 0 Å². The average molecular weight is 290 g/mol. The van der Waals surface area contributed by atoms with Crippen molar-refractivity contribution in [2.75, 3.05) is 19.7 Å². The van der Waals surface area contributed by atoms with E-state index in [9.17, 15) is 14.7 Å². The molecule has 0 aliphatic carbocycles. The first-order valence-electron chi connectivity index (χ1n) is 7.16. The molecule has 1 amide bonds. The van der Waals surface area contributed by atoms with Crippen LogP contribution in [0.25, 0.3) is 0 Å². The summed E-state index contributed by atoms with van der Waals surface area (Å²) in [6.07, 6.45) is 0.912. The van der Waals surface area contributed by atoms with Crippen LogP contribution in [0.5, 0.6) is 5.75 Å². The molecule has 0 atom stereocenters. The third-order valence-corrected chi connectivity index (χ3v) is 4.09. The number of aryl methyl sites for hydroxylation is 1. The molecular weight excluding hydrogens is 270 g/mol. The minimum Gasteiger partial charge on any atom is -0.550 e. The topological polar surface area (TPSA) is 69.7 Å². The highest BCUT2D eigenvalue weighted by Gasteiger charge is 2.23. The minimum atomic E-state index is -1.02. The first kappa shape index (κ1) is 15.4. The fourth-order valence-electron chi connectivity index (χ4n) is 2.48. The van der Waals surface area contributed by atoms with Gasteiger partial charge in [0, 0.05) is 25.0 Å². The van der Waals surface area contributed by atoms with Crippen molar-refractivity contribution < 1.29 is 19.4 Å². The third kappa shape index (κ3) is 3.74. The van der Waals surface area contributed by atoms with E-state index in [0.29, 0.717) is 31.7 Å². The molecule has 0 saturated carbocycles. The Bertz CT molecular complexity index is 533. The van der Waals surface area contributed by atoms with Crippen LogP contribution >= 0.6 is 0 Å². The number of carboxylic acids is 1. The predicted molar refractivity (Wildman–Crippen MR) is 75.7 cm³/mol. The molecule has 0 spiro atoms. The Morgan fingerprint density at radius 2 is 1.95 bits per heavy atom. The number of nitrogens with zero attached hydrogens (tertiary/aromatic N) is 1.